The van der Waals surface area contributed by atoms with Gasteiger partial charge in [0, 0.05) is 0 Å². The number of rotatable bonds is 8. The van der Waals surface area contributed by atoms with E-state index in [1.54, 1.807) is 0 Å². The van der Waals surface area contributed by atoms with Gasteiger partial charge in [0.1, 0.15) is 12.2 Å². The molecule has 17 nitrogen and oxygen atoms in total. The van der Waals surface area contributed by atoms with Crippen LogP contribution >= 0.6 is 23.5 Å². The van der Waals surface area contributed by atoms with Crippen LogP contribution in [0.3, 0.4) is 0 Å². The lowest BCUT2D eigenvalue weighted by molar-refractivity contribution is -0.0690. The predicted octanol–water partition coefficient (Wildman–Crippen LogP) is -1.31. The second-order valence-corrected chi connectivity index (χ2v) is 10.4. The van der Waals surface area contributed by atoms with Crippen LogP contribution < -0.4 is 11.4 Å². The number of hydrogen-bond acceptors (Lipinski definition) is 12. The van der Waals surface area contributed by atoms with Gasteiger partial charge in [-0.15, -0.1) is 5.10 Å². The molecule has 178 valence electrons. The number of ether oxygens (including phenoxy) is 1. The lowest BCUT2D eigenvalue weighted by Gasteiger charge is -2.23. The Balaban J connectivity index is 2.16. The number of alkyl halides is 1. The van der Waals surface area contributed by atoms with E-state index >= 15 is 0 Å². The molecule has 1 aromatic heterocycles. The standard InChI is InChI=1S/C9H15F2N4O13P3/c1-9(11)4(16)3(26-7(9)15-8(17)13-6(12)5(10)14-15)2-25-30(21,22)28-31(23,24)27-29(18,19)20/h3-4,7,16H,2H2,1H3,(H,21,22)(H,23,24)(H2,12,13,17)(H2,18,19,20)/t3-,4?,7-,9-/m1/s1. The number of hydrogen-bond donors (Lipinski definition) is 6. The van der Waals surface area contributed by atoms with Gasteiger partial charge in [-0.3, -0.25) is 4.52 Å². The molecule has 0 spiro atoms. The highest BCUT2D eigenvalue weighted by Gasteiger charge is 2.56. The van der Waals surface area contributed by atoms with E-state index in [1.165, 1.54) is 0 Å². The number of phosphoric acid groups is 3. The third-order valence-electron chi connectivity index (χ3n) is 3.58. The smallest absolute Gasteiger partial charge is 0.387 e. The summed E-state index contributed by atoms with van der Waals surface area (Å²) >= 11 is 0. The summed E-state index contributed by atoms with van der Waals surface area (Å²) in [6.07, 6.45) is -6.18. The summed E-state index contributed by atoms with van der Waals surface area (Å²) < 4.78 is 78.2. The maximum Gasteiger partial charge on any atom is 0.490 e. The average Bonchev–Trinajstić information content (AvgIpc) is 2.76. The zero-order valence-corrected chi connectivity index (χ0v) is 17.6. The molecule has 1 aliphatic heterocycles. The van der Waals surface area contributed by atoms with Crippen LogP contribution in [0.1, 0.15) is 13.2 Å². The van der Waals surface area contributed by atoms with Crippen molar-refractivity contribution < 1.29 is 65.0 Å². The van der Waals surface area contributed by atoms with E-state index in [1.807, 2.05) is 0 Å². The number of aliphatic hydroxyl groups is 1. The highest BCUT2D eigenvalue weighted by Crippen LogP contribution is 2.66. The van der Waals surface area contributed by atoms with Crippen molar-refractivity contribution in [1.29, 1.82) is 0 Å². The summed E-state index contributed by atoms with van der Waals surface area (Å²) in [6, 6.07) is 0. The van der Waals surface area contributed by atoms with E-state index in [-0.39, 0.29) is 4.68 Å². The SMILES string of the molecule is C[C@@]1(F)C(O)[C@@H](COP(=O)(O)OP(=O)(O)OP(=O)(O)O)O[C@H]1n1nc(F)c(N)nc1=O. The number of aromatic nitrogens is 3. The van der Waals surface area contributed by atoms with Gasteiger partial charge < -0.3 is 35.2 Å². The highest BCUT2D eigenvalue weighted by molar-refractivity contribution is 7.66. The van der Waals surface area contributed by atoms with Crippen molar-refractivity contribution in [2.45, 2.75) is 31.0 Å². The Morgan fingerprint density at radius 1 is 1.23 bits per heavy atom. The molecular weight excluding hydrogens is 503 g/mol. The zero-order chi connectivity index (χ0) is 24.0. The van der Waals surface area contributed by atoms with Crippen molar-refractivity contribution in [3.8, 4) is 0 Å². The van der Waals surface area contributed by atoms with Crippen molar-refractivity contribution in [3.63, 3.8) is 0 Å². The fourth-order valence-corrected chi connectivity index (χ4v) is 5.35. The molecule has 0 aromatic carbocycles. The molecule has 2 heterocycles. The van der Waals surface area contributed by atoms with Crippen molar-refractivity contribution in [3.05, 3.63) is 16.4 Å². The first-order chi connectivity index (χ1) is 13.8. The highest BCUT2D eigenvalue weighted by atomic mass is 31.3. The lowest BCUT2D eigenvalue weighted by atomic mass is 9.99. The van der Waals surface area contributed by atoms with Crippen LogP contribution in [-0.4, -0.2) is 63.9 Å². The number of aliphatic hydroxyl groups excluding tert-OH is 1. The number of anilines is 1. The Morgan fingerprint density at radius 3 is 2.35 bits per heavy atom. The number of nitrogen functional groups attached to an aromatic ring is 1. The Labute approximate surface area is 169 Å². The molecule has 3 unspecified atom stereocenters. The molecular formula is C9H15F2N4O13P3. The second-order valence-electron chi connectivity index (χ2n) is 6.02. The fourth-order valence-electron chi connectivity index (χ4n) is 2.32. The number of halogens is 2. The molecule has 0 aliphatic carbocycles. The van der Waals surface area contributed by atoms with E-state index in [2.05, 4.69) is 23.2 Å². The van der Waals surface area contributed by atoms with Crippen molar-refractivity contribution in [1.82, 2.24) is 14.8 Å². The van der Waals surface area contributed by atoms with Crippen LogP contribution in [0, 0.1) is 5.95 Å². The first kappa shape index (κ1) is 26.1. The largest absolute Gasteiger partial charge is 0.490 e. The van der Waals surface area contributed by atoms with Crippen LogP contribution in [0.2, 0.25) is 0 Å². The van der Waals surface area contributed by atoms with Crippen LogP contribution in [0.4, 0.5) is 14.6 Å². The van der Waals surface area contributed by atoms with Gasteiger partial charge in [-0.05, 0) is 6.92 Å². The molecule has 0 saturated carbocycles. The van der Waals surface area contributed by atoms with E-state index in [0.717, 1.165) is 0 Å². The van der Waals surface area contributed by atoms with Gasteiger partial charge in [0.25, 0.3) is 5.95 Å². The number of nitrogens with zero attached hydrogens (tertiary/aromatic N) is 3. The van der Waals surface area contributed by atoms with Gasteiger partial charge >= 0.3 is 29.2 Å². The summed E-state index contributed by atoms with van der Waals surface area (Å²) in [4.78, 5) is 50.2. The Morgan fingerprint density at radius 2 is 1.81 bits per heavy atom. The zero-order valence-electron chi connectivity index (χ0n) is 15.0. The summed E-state index contributed by atoms with van der Waals surface area (Å²) in [5, 5.41) is 13.1. The minimum absolute atomic E-state index is 0.0692. The Bertz CT molecular complexity index is 1050. The molecule has 7 N–H and O–H groups in total. The quantitative estimate of drug-likeness (QED) is 0.218. The van der Waals surface area contributed by atoms with Crippen molar-refractivity contribution in [2.75, 3.05) is 12.3 Å². The van der Waals surface area contributed by atoms with E-state index < -0.39 is 71.6 Å². The van der Waals surface area contributed by atoms with E-state index in [4.69, 9.17) is 25.2 Å². The molecule has 2 rings (SSSR count). The van der Waals surface area contributed by atoms with E-state index in [9.17, 15) is 37.3 Å². The molecule has 0 radical (unpaired) electrons. The first-order valence-corrected chi connectivity index (χ1v) is 12.1. The number of nitrogens with two attached hydrogens (primary N) is 1. The maximum atomic E-state index is 14.9. The molecule has 1 aliphatic rings. The fraction of sp³-hybridized carbons (Fsp3) is 0.667. The van der Waals surface area contributed by atoms with Gasteiger partial charge in [0.15, 0.2) is 17.7 Å². The molecule has 22 heteroatoms. The third kappa shape index (κ3) is 6.41. The van der Waals surface area contributed by atoms with Gasteiger partial charge in [-0.25, -0.2) is 22.9 Å². The van der Waals surface area contributed by atoms with Gasteiger partial charge in [-0.1, -0.05) is 0 Å². The van der Waals surface area contributed by atoms with Crippen molar-refractivity contribution >= 4 is 29.3 Å². The van der Waals surface area contributed by atoms with Gasteiger partial charge in [0.05, 0.1) is 6.61 Å². The van der Waals surface area contributed by atoms with Crippen molar-refractivity contribution in [2.24, 2.45) is 0 Å². The van der Waals surface area contributed by atoms with Crippen LogP contribution in [0.25, 0.3) is 0 Å². The Hall–Kier alpha value is -1.20. The van der Waals surface area contributed by atoms with Crippen LogP contribution in [-0.2, 0) is 31.6 Å². The second kappa shape index (κ2) is 8.62. The number of phosphoric ester groups is 1. The van der Waals surface area contributed by atoms with Gasteiger partial charge in [-0.2, -0.15) is 22.7 Å². The third-order valence-corrected chi connectivity index (χ3v) is 7.38. The summed E-state index contributed by atoms with van der Waals surface area (Å²) in [7, 11) is -17.0. The van der Waals surface area contributed by atoms with Crippen LogP contribution in [0.5, 0.6) is 0 Å². The minimum Gasteiger partial charge on any atom is -0.387 e. The minimum atomic E-state index is -5.81. The van der Waals surface area contributed by atoms with E-state index in [0.29, 0.717) is 6.92 Å². The topological polar surface area (TPSA) is 263 Å². The molecule has 1 fully saturated rings. The summed E-state index contributed by atoms with van der Waals surface area (Å²) in [6.45, 7) is -0.532. The summed E-state index contributed by atoms with van der Waals surface area (Å²) in [5.74, 6) is -2.37. The molecule has 6 atom stereocenters. The first-order valence-electron chi connectivity index (χ1n) is 7.57. The van der Waals surface area contributed by atoms with Gasteiger partial charge in [0.2, 0.25) is 0 Å². The monoisotopic (exact) mass is 518 g/mol. The predicted molar refractivity (Wildman–Crippen MR) is 89.9 cm³/mol. The lowest BCUT2D eigenvalue weighted by Crippen LogP contribution is -2.44. The maximum absolute atomic E-state index is 14.9. The molecule has 1 saturated heterocycles. The molecule has 31 heavy (non-hydrogen) atoms. The molecule has 0 amide bonds. The van der Waals surface area contributed by atoms with Crippen LogP contribution in [0.15, 0.2) is 4.79 Å². The average molecular weight is 518 g/mol. The summed E-state index contributed by atoms with van der Waals surface area (Å²) in [5.41, 5.74) is 0.817. The normalized spacial score (nSPS) is 30.6. The molecule has 0 bridgehead atoms. The Kier molecular flexibility index (Phi) is 7.25. The molecule has 1 aromatic rings.